The molecule has 188 valence electrons. The summed E-state index contributed by atoms with van der Waals surface area (Å²) in [7, 11) is 0. The Hall–Kier alpha value is -2.45. The molecule has 2 aliphatic rings. The summed E-state index contributed by atoms with van der Waals surface area (Å²) in [5.74, 6) is -0.434. The van der Waals surface area contributed by atoms with Gasteiger partial charge in [-0.25, -0.2) is 5.06 Å². The van der Waals surface area contributed by atoms with Gasteiger partial charge in [-0.3, -0.25) is 19.6 Å². The zero-order valence-electron chi connectivity index (χ0n) is 20.6. The van der Waals surface area contributed by atoms with Gasteiger partial charge in [-0.2, -0.15) is 0 Å². The molecule has 3 amide bonds. The lowest BCUT2D eigenvalue weighted by molar-refractivity contribution is -0.155. The molecule has 8 heteroatoms. The van der Waals surface area contributed by atoms with Crippen molar-refractivity contribution >= 4 is 18.2 Å². The number of hydrogen-bond donors (Lipinski definition) is 3. The number of carbonyl (C=O) groups excluding carboxylic acids is 3. The summed E-state index contributed by atoms with van der Waals surface area (Å²) in [6.07, 6.45) is 7.17. The monoisotopic (exact) mass is 472 g/mol. The first kappa shape index (κ1) is 26.2. The fourth-order valence-corrected chi connectivity index (χ4v) is 5.23. The molecule has 1 aliphatic heterocycles. The Morgan fingerprint density at radius 2 is 1.88 bits per heavy atom. The molecule has 0 bridgehead atoms. The number of amides is 3. The number of rotatable bonds is 11. The number of hydrogen-bond acceptors (Lipinski definition) is 5. The maximum absolute atomic E-state index is 12.7. The quantitative estimate of drug-likeness (QED) is 0.261. The first-order chi connectivity index (χ1) is 16.4. The first-order valence-electron chi connectivity index (χ1n) is 12.6. The molecule has 1 atom stereocenters. The van der Waals surface area contributed by atoms with E-state index in [0.29, 0.717) is 42.9 Å². The molecule has 2 fully saturated rings. The smallest absolute Gasteiger partial charge is 0.241 e. The molecule has 1 heterocycles. The second kappa shape index (κ2) is 12.9. The van der Waals surface area contributed by atoms with E-state index in [2.05, 4.69) is 42.7 Å². The van der Waals surface area contributed by atoms with Crippen LogP contribution in [0.2, 0.25) is 0 Å². The van der Waals surface area contributed by atoms with Crippen molar-refractivity contribution in [3.05, 3.63) is 34.9 Å². The number of carbonyl (C=O) groups is 3. The summed E-state index contributed by atoms with van der Waals surface area (Å²) in [5.41, 5.74) is 3.86. The number of aryl methyl sites for hydroxylation is 2. The van der Waals surface area contributed by atoms with Crippen LogP contribution in [0.3, 0.4) is 0 Å². The fourth-order valence-electron chi connectivity index (χ4n) is 5.23. The van der Waals surface area contributed by atoms with Crippen LogP contribution in [0, 0.1) is 25.7 Å². The van der Waals surface area contributed by atoms with Crippen LogP contribution >= 0.6 is 0 Å². The van der Waals surface area contributed by atoms with Gasteiger partial charge in [0.2, 0.25) is 18.2 Å². The molecule has 1 aromatic carbocycles. The molecule has 1 unspecified atom stereocenters. The molecular formula is C26H40N4O4. The second-order valence-electron chi connectivity index (χ2n) is 9.99. The van der Waals surface area contributed by atoms with Crippen LogP contribution < -0.4 is 10.6 Å². The van der Waals surface area contributed by atoms with Crippen LogP contribution in [0.4, 0.5) is 0 Å². The van der Waals surface area contributed by atoms with Crippen LogP contribution in [-0.2, 0) is 20.9 Å². The molecule has 0 spiro atoms. The molecule has 1 saturated carbocycles. The molecule has 1 saturated heterocycles. The van der Waals surface area contributed by atoms with E-state index in [9.17, 15) is 19.6 Å². The zero-order valence-corrected chi connectivity index (χ0v) is 20.6. The van der Waals surface area contributed by atoms with Gasteiger partial charge in [0.1, 0.15) is 0 Å². The summed E-state index contributed by atoms with van der Waals surface area (Å²) in [5, 5.41) is 16.5. The Labute approximate surface area is 203 Å². The molecule has 0 radical (unpaired) electrons. The topological polar surface area (TPSA) is 102 Å². The third-order valence-corrected chi connectivity index (χ3v) is 7.33. The number of hydroxylamine groups is 2. The van der Waals surface area contributed by atoms with E-state index in [1.54, 1.807) is 0 Å². The summed E-state index contributed by atoms with van der Waals surface area (Å²) < 4.78 is 0. The van der Waals surface area contributed by atoms with Gasteiger partial charge >= 0.3 is 0 Å². The Balaban J connectivity index is 1.40. The maximum atomic E-state index is 12.7. The van der Waals surface area contributed by atoms with Gasteiger partial charge in [0.05, 0.1) is 19.0 Å². The zero-order chi connectivity index (χ0) is 24.5. The Bertz CT molecular complexity index is 832. The van der Waals surface area contributed by atoms with E-state index in [1.165, 1.54) is 16.7 Å². The van der Waals surface area contributed by atoms with Gasteiger partial charge in [-0.1, -0.05) is 49.4 Å². The van der Waals surface area contributed by atoms with Crippen molar-refractivity contribution in [2.45, 2.75) is 71.4 Å². The summed E-state index contributed by atoms with van der Waals surface area (Å²) in [4.78, 5) is 38.1. The summed E-state index contributed by atoms with van der Waals surface area (Å²) in [6, 6.07) is 6.87. The molecule has 1 aromatic rings. The molecular weight excluding hydrogens is 432 g/mol. The average Bonchev–Trinajstić information content (AvgIpc) is 3.34. The Kier molecular flexibility index (Phi) is 9.89. The number of nitrogens with one attached hydrogen (secondary N) is 2. The van der Waals surface area contributed by atoms with Crippen LogP contribution in [0.1, 0.15) is 61.6 Å². The highest BCUT2D eigenvalue weighted by Gasteiger charge is 2.28. The molecule has 3 rings (SSSR count). The molecule has 34 heavy (non-hydrogen) atoms. The van der Waals surface area contributed by atoms with E-state index < -0.39 is 5.92 Å². The van der Waals surface area contributed by atoms with Gasteiger partial charge < -0.3 is 15.5 Å². The van der Waals surface area contributed by atoms with Crippen LogP contribution in [0.5, 0.6) is 0 Å². The second-order valence-corrected chi connectivity index (χ2v) is 9.99. The van der Waals surface area contributed by atoms with E-state index in [1.807, 2.05) is 4.90 Å². The minimum Gasteiger partial charge on any atom is -0.347 e. The number of benzene rings is 1. The minimum atomic E-state index is -0.508. The van der Waals surface area contributed by atoms with E-state index >= 15 is 0 Å². The number of likely N-dealkylation sites (tertiary alicyclic amines) is 1. The predicted octanol–water partition coefficient (Wildman–Crippen LogP) is 2.54. The van der Waals surface area contributed by atoms with Crippen molar-refractivity contribution in [1.29, 1.82) is 0 Å². The van der Waals surface area contributed by atoms with Crippen molar-refractivity contribution < 1.29 is 19.6 Å². The van der Waals surface area contributed by atoms with Gasteiger partial charge in [0, 0.05) is 25.7 Å². The summed E-state index contributed by atoms with van der Waals surface area (Å²) in [6.45, 7) is 6.30. The predicted molar refractivity (Wildman–Crippen MR) is 130 cm³/mol. The summed E-state index contributed by atoms with van der Waals surface area (Å²) >= 11 is 0. The molecule has 3 N–H and O–H groups in total. The lowest BCUT2D eigenvalue weighted by Crippen LogP contribution is -2.49. The van der Waals surface area contributed by atoms with Gasteiger partial charge in [0.25, 0.3) is 0 Å². The normalized spacial score (nSPS) is 18.0. The van der Waals surface area contributed by atoms with Crippen molar-refractivity contribution in [2.75, 3.05) is 26.2 Å². The lowest BCUT2D eigenvalue weighted by Gasteiger charge is -2.33. The SMILES string of the molecule is Cc1ccc(CNC2CCN(C(=O)CNC(=O)C(CC3CCCC3)CN(O)C=O)CC2)c(C)c1. The number of nitrogens with zero attached hydrogens (tertiary/aromatic N) is 2. The number of piperidine rings is 1. The standard InChI is InChI=1S/C26H40N4O4/c1-19-7-8-22(20(2)13-19)15-27-24-9-11-29(12-10-24)25(32)16-28-26(33)23(17-30(34)18-31)14-21-5-3-4-6-21/h7-8,13,18,21,23-24,27,34H,3-6,9-12,14-17H2,1-2H3,(H,28,33). The molecule has 1 aliphatic carbocycles. The van der Waals surface area contributed by atoms with Gasteiger partial charge in [-0.05, 0) is 50.2 Å². The van der Waals surface area contributed by atoms with Crippen molar-refractivity contribution in [3.63, 3.8) is 0 Å². The minimum absolute atomic E-state index is 0.0441. The van der Waals surface area contributed by atoms with Crippen molar-refractivity contribution in [3.8, 4) is 0 Å². The van der Waals surface area contributed by atoms with Crippen LogP contribution in [0.15, 0.2) is 18.2 Å². The fraction of sp³-hybridized carbons (Fsp3) is 0.654. The van der Waals surface area contributed by atoms with E-state index in [4.69, 9.17) is 0 Å². The van der Waals surface area contributed by atoms with Crippen LogP contribution in [-0.4, -0.2) is 65.6 Å². The van der Waals surface area contributed by atoms with Crippen LogP contribution in [0.25, 0.3) is 0 Å². The largest absolute Gasteiger partial charge is 0.347 e. The highest BCUT2D eigenvalue weighted by Crippen LogP contribution is 2.30. The Morgan fingerprint density at radius 3 is 2.53 bits per heavy atom. The van der Waals surface area contributed by atoms with Gasteiger partial charge in [0.15, 0.2) is 0 Å². The van der Waals surface area contributed by atoms with Gasteiger partial charge in [-0.15, -0.1) is 0 Å². The first-order valence-corrected chi connectivity index (χ1v) is 12.6. The lowest BCUT2D eigenvalue weighted by atomic mass is 9.92. The van der Waals surface area contributed by atoms with E-state index in [0.717, 1.165) is 45.1 Å². The third-order valence-electron chi connectivity index (χ3n) is 7.33. The molecule has 8 nitrogen and oxygen atoms in total. The highest BCUT2D eigenvalue weighted by atomic mass is 16.5. The third kappa shape index (κ3) is 7.81. The van der Waals surface area contributed by atoms with Crippen molar-refractivity contribution in [1.82, 2.24) is 20.6 Å². The average molecular weight is 473 g/mol. The Morgan fingerprint density at radius 1 is 1.18 bits per heavy atom. The highest BCUT2D eigenvalue weighted by molar-refractivity contribution is 5.86. The molecule has 0 aromatic heterocycles. The van der Waals surface area contributed by atoms with E-state index in [-0.39, 0.29) is 24.9 Å². The van der Waals surface area contributed by atoms with Crippen molar-refractivity contribution in [2.24, 2.45) is 11.8 Å². The maximum Gasteiger partial charge on any atom is 0.241 e.